The predicted octanol–water partition coefficient (Wildman–Crippen LogP) is 11.0. The number of pyridine rings is 2. The number of benzene rings is 6. The van der Waals surface area contributed by atoms with Crippen LogP contribution in [0.25, 0.3) is 32.7 Å². The van der Waals surface area contributed by atoms with Gasteiger partial charge in [-0.3, -0.25) is 0 Å². The second kappa shape index (κ2) is 13.7. The third kappa shape index (κ3) is 5.14. The summed E-state index contributed by atoms with van der Waals surface area (Å²) in [5, 5.41) is 9.12. The van der Waals surface area contributed by atoms with E-state index in [1.807, 2.05) is 0 Å². The number of hydrogen-bond donors (Lipinski definition) is 1. The highest BCUT2D eigenvalue weighted by Crippen LogP contribution is 2.50. The van der Waals surface area contributed by atoms with Crippen LogP contribution in [0.15, 0.2) is 164 Å². The first kappa shape index (κ1) is 36.2. The maximum absolute atomic E-state index is 3.81. The molecule has 1 N–H and O–H groups in total. The smallest absolute Gasteiger partial charge is 0.214 e. The van der Waals surface area contributed by atoms with Gasteiger partial charge in [0.25, 0.3) is 0 Å². The Morgan fingerprint density at radius 3 is 2.03 bits per heavy atom. The monoisotopic (exact) mass is 796 g/mol. The molecule has 0 amide bonds. The van der Waals surface area contributed by atoms with E-state index < -0.39 is 0 Å². The van der Waals surface area contributed by atoms with Crippen LogP contribution in [0.2, 0.25) is 0 Å². The first-order valence-electron chi connectivity index (χ1n) is 22.3. The van der Waals surface area contributed by atoms with E-state index in [1.54, 1.807) is 0 Å². The molecule has 0 aliphatic carbocycles. The average Bonchev–Trinajstić information content (AvgIpc) is 3.95. The molecule has 5 atom stereocenters. The normalized spacial score (nSPS) is 22.4. The lowest BCUT2D eigenvalue weighted by Crippen LogP contribution is -2.65. The lowest BCUT2D eigenvalue weighted by molar-refractivity contribution is -0.748. The van der Waals surface area contributed by atoms with Crippen molar-refractivity contribution in [2.75, 3.05) is 26.7 Å². The number of hydrogen-bond acceptors (Lipinski definition) is 4. The first-order chi connectivity index (χ1) is 30.0. The van der Waals surface area contributed by atoms with Gasteiger partial charge >= 0.3 is 0 Å². The molecule has 12 rings (SSSR count). The van der Waals surface area contributed by atoms with E-state index in [0.29, 0.717) is 0 Å². The second-order valence-corrected chi connectivity index (χ2v) is 17.8. The number of para-hydroxylation sites is 5. The van der Waals surface area contributed by atoms with E-state index in [1.165, 1.54) is 83.6 Å². The minimum Gasteiger partial charge on any atom is -0.363 e. The third-order valence-corrected chi connectivity index (χ3v) is 15.0. The van der Waals surface area contributed by atoms with E-state index in [4.69, 9.17) is 0 Å². The molecule has 2 aromatic heterocycles. The summed E-state index contributed by atoms with van der Waals surface area (Å²) in [5.41, 5.74) is 14.0. The summed E-state index contributed by atoms with van der Waals surface area (Å²) in [5.74, 6) is 0. The highest BCUT2D eigenvalue weighted by atomic mass is 15.4. The van der Waals surface area contributed by atoms with Crippen LogP contribution < -0.4 is 29.2 Å². The van der Waals surface area contributed by atoms with Gasteiger partial charge in [-0.15, -0.1) is 0 Å². The van der Waals surface area contributed by atoms with E-state index in [-0.39, 0.29) is 29.8 Å². The Morgan fingerprint density at radius 1 is 0.607 bits per heavy atom. The Morgan fingerprint density at radius 2 is 1.25 bits per heavy atom. The Labute approximate surface area is 358 Å². The van der Waals surface area contributed by atoms with Crippen molar-refractivity contribution in [1.29, 1.82) is 0 Å². The van der Waals surface area contributed by atoms with Gasteiger partial charge in [0.05, 0.1) is 42.3 Å². The average molecular weight is 797 g/mol. The van der Waals surface area contributed by atoms with Crippen molar-refractivity contribution in [3.63, 3.8) is 0 Å². The van der Waals surface area contributed by atoms with Gasteiger partial charge in [-0.2, -0.15) is 9.13 Å². The summed E-state index contributed by atoms with van der Waals surface area (Å²) >= 11 is 0. The Balaban J connectivity index is 1.15. The summed E-state index contributed by atoms with van der Waals surface area (Å²) in [4.78, 5) is 8.19. The van der Waals surface area contributed by atoms with Crippen molar-refractivity contribution in [3.05, 3.63) is 187 Å². The van der Waals surface area contributed by atoms with Gasteiger partial charge in [0, 0.05) is 46.1 Å². The molecule has 300 valence electrons. The SMILES string of the molecule is CCC12c3cccc(c3C)-c3ccccc3N(C3Cc4c5ccccc5cc[n+]4C3C)CN(c3ccccc3N3c4ccccc4NC3C)C1Cc1c3ccccc3cc[n+]12. The van der Waals surface area contributed by atoms with Crippen LogP contribution in [-0.2, 0) is 18.4 Å². The van der Waals surface area contributed by atoms with Gasteiger partial charge in [-0.1, -0.05) is 104 Å². The number of anilines is 5. The topological polar surface area (TPSA) is 29.5 Å². The summed E-state index contributed by atoms with van der Waals surface area (Å²) in [6.45, 7) is 10.3. The molecule has 0 saturated heterocycles. The van der Waals surface area contributed by atoms with Crippen LogP contribution >= 0.6 is 0 Å². The quantitative estimate of drug-likeness (QED) is 0.180. The molecule has 2 bridgehead atoms. The van der Waals surface area contributed by atoms with Crippen molar-refractivity contribution in [1.82, 2.24) is 0 Å². The Kier molecular flexibility index (Phi) is 8.12. The highest BCUT2D eigenvalue weighted by molar-refractivity contribution is 5.90. The molecule has 8 aromatic rings. The van der Waals surface area contributed by atoms with Crippen LogP contribution in [-0.4, -0.2) is 24.9 Å². The molecule has 0 saturated carbocycles. The summed E-state index contributed by atoms with van der Waals surface area (Å²) in [6, 6.07) is 57.6. The molecule has 6 heteroatoms. The van der Waals surface area contributed by atoms with Gasteiger partial charge in [-0.25, -0.2) is 0 Å². The molecule has 4 aliphatic rings. The van der Waals surface area contributed by atoms with Crippen molar-refractivity contribution in [2.45, 2.75) is 76.8 Å². The lowest BCUT2D eigenvalue weighted by Gasteiger charge is -2.46. The zero-order chi connectivity index (χ0) is 41.0. The molecule has 6 heterocycles. The molecule has 0 spiro atoms. The van der Waals surface area contributed by atoms with E-state index in [0.717, 1.165) is 25.9 Å². The number of rotatable bonds is 4. The highest BCUT2D eigenvalue weighted by Gasteiger charge is 2.59. The zero-order valence-corrected chi connectivity index (χ0v) is 35.5. The number of aromatic nitrogens is 2. The Bertz CT molecular complexity index is 3050. The lowest BCUT2D eigenvalue weighted by atomic mass is 9.76. The van der Waals surface area contributed by atoms with E-state index in [2.05, 4.69) is 221 Å². The summed E-state index contributed by atoms with van der Waals surface area (Å²) < 4.78 is 5.27. The largest absolute Gasteiger partial charge is 0.363 e. The number of nitrogens with zero attached hydrogens (tertiary/aromatic N) is 5. The van der Waals surface area contributed by atoms with Crippen molar-refractivity contribution >= 4 is 50.0 Å². The van der Waals surface area contributed by atoms with Crippen LogP contribution in [0.5, 0.6) is 0 Å². The molecular formula is C55H52N6+2. The number of nitrogens with one attached hydrogen (secondary N) is 1. The van der Waals surface area contributed by atoms with Gasteiger partial charge < -0.3 is 20.0 Å². The number of fused-ring (bicyclic) bond motifs is 14. The fraction of sp³-hybridized carbons (Fsp3) is 0.236. The maximum atomic E-state index is 3.81. The van der Waals surface area contributed by atoms with Gasteiger partial charge in [0.2, 0.25) is 5.54 Å². The minimum absolute atomic E-state index is 0.0825. The van der Waals surface area contributed by atoms with E-state index in [9.17, 15) is 0 Å². The first-order valence-corrected chi connectivity index (χ1v) is 22.3. The van der Waals surface area contributed by atoms with Crippen LogP contribution in [0, 0.1) is 6.92 Å². The molecule has 5 unspecified atom stereocenters. The van der Waals surface area contributed by atoms with Crippen LogP contribution in [0.1, 0.15) is 55.7 Å². The standard InChI is InChI=1S/C55H52N6/c1-5-55-45-23-16-22-41(36(45)2)44-21-10-12-25-47(44)58(51-33-52-42-19-8-6-17-39(42)29-31-57(52)37(51)3)35-59(54(55)34-53-43-20-9-7-18-40(43)30-32-60(53)55)49-27-14-15-28-50(49)61-38(4)56-46-24-11-13-26-48(46)61/h6-32,37-38,51,54,56H,5,33-35H2,1-4H3/q+2. The molecule has 0 fully saturated rings. The summed E-state index contributed by atoms with van der Waals surface area (Å²) in [7, 11) is 0. The van der Waals surface area contributed by atoms with Gasteiger partial charge in [0.15, 0.2) is 29.8 Å². The fourth-order valence-corrected chi connectivity index (χ4v) is 12.2. The predicted molar refractivity (Wildman–Crippen MR) is 250 cm³/mol. The Hall–Kier alpha value is -6.66. The van der Waals surface area contributed by atoms with Gasteiger partial charge in [0.1, 0.15) is 18.2 Å². The van der Waals surface area contributed by atoms with Crippen LogP contribution in [0.3, 0.4) is 0 Å². The fourth-order valence-electron chi connectivity index (χ4n) is 12.2. The molecular weight excluding hydrogens is 745 g/mol. The molecule has 0 radical (unpaired) electrons. The maximum Gasteiger partial charge on any atom is 0.214 e. The second-order valence-electron chi connectivity index (χ2n) is 17.8. The van der Waals surface area contributed by atoms with Gasteiger partial charge in [-0.05, 0) is 85.1 Å². The van der Waals surface area contributed by atoms with Crippen LogP contribution in [0.4, 0.5) is 28.4 Å². The molecule has 6 aromatic carbocycles. The zero-order valence-electron chi connectivity index (χ0n) is 35.5. The molecule has 4 aliphatic heterocycles. The van der Waals surface area contributed by atoms with Crippen molar-refractivity contribution in [3.8, 4) is 11.1 Å². The molecule has 61 heavy (non-hydrogen) atoms. The van der Waals surface area contributed by atoms with Crippen molar-refractivity contribution in [2.24, 2.45) is 0 Å². The minimum atomic E-state index is -0.369. The van der Waals surface area contributed by atoms with E-state index >= 15 is 0 Å². The summed E-state index contributed by atoms with van der Waals surface area (Å²) in [6.07, 6.45) is 7.64. The van der Waals surface area contributed by atoms with Crippen molar-refractivity contribution < 1.29 is 9.13 Å². The molecule has 6 nitrogen and oxygen atoms in total. The third-order valence-electron chi connectivity index (χ3n) is 15.0.